The molecule has 0 amide bonds. The van der Waals surface area contributed by atoms with E-state index >= 15 is 0 Å². The molecule has 1 aromatic carbocycles. The Balaban J connectivity index is 2.15. The summed E-state index contributed by atoms with van der Waals surface area (Å²) in [5, 5.41) is 11.8. The van der Waals surface area contributed by atoms with Gasteiger partial charge in [0.25, 0.3) is 0 Å². The fourth-order valence-electron chi connectivity index (χ4n) is 1.53. The third-order valence-electron chi connectivity index (χ3n) is 2.33. The topological polar surface area (TPSA) is 42.4 Å². The number of aliphatic hydroxyl groups excluding tert-OH is 1. The number of aliphatic hydroxyl groups is 1. The van der Waals surface area contributed by atoms with E-state index in [4.69, 9.17) is 9.84 Å². The number of thiazole rings is 1. The summed E-state index contributed by atoms with van der Waals surface area (Å²) in [6.45, 7) is 2.79. The third kappa shape index (κ3) is 3.05. The molecule has 1 aromatic heterocycles. The highest BCUT2D eigenvalue weighted by atomic mass is 32.1. The standard InChI is InChI=1S/C13H15NO2S/c1-2-16-12-5-3-10(4-6-12)13-14-11(7-8-15)9-17-13/h3-6,9,15H,2,7-8H2,1H3. The third-order valence-corrected chi connectivity index (χ3v) is 3.27. The highest BCUT2D eigenvalue weighted by molar-refractivity contribution is 7.13. The van der Waals surface area contributed by atoms with Crippen LogP contribution in [0.15, 0.2) is 29.6 Å². The van der Waals surface area contributed by atoms with Crippen molar-refractivity contribution in [3.05, 3.63) is 35.3 Å². The second kappa shape index (κ2) is 5.80. The quantitative estimate of drug-likeness (QED) is 0.886. The van der Waals surface area contributed by atoms with E-state index in [2.05, 4.69) is 4.98 Å². The molecule has 0 spiro atoms. The number of rotatable bonds is 5. The molecule has 0 saturated heterocycles. The smallest absolute Gasteiger partial charge is 0.123 e. The van der Waals surface area contributed by atoms with Crippen LogP contribution in [0.5, 0.6) is 5.75 Å². The summed E-state index contributed by atoms with van der Waals surface area (Å²) in [4.78, 5) is 4.46. The zero-order valence-corrected chi connectivity index (χ0v) is 10.5. The Labute approximate surface area is 105 Å². The van der Waals surface area contributed by atoms with Gasteiger partial charge < -0.3 is 9.84 Å². The number of nitrogens with zero attached hydrogens (tertiary/aromatic N) is 1. The summed E-state index contributed by atoms with van der Waals surface area (Å²) >= 11 is 1.60. The number of aromatic nitrogens is 1. The average molecular weight is 249 g/mol. The lowest BCUT2D eigenvalue weighted by atomic mass is 10.2. The second-order valence-electron chi connectivity index (χ2n) is 3.57. The molecule has 1 N–H and O–H groups in total. The van der Waals surface area contributed by atoms with E-state index in [0.29, 0.717) is 13.0 Å². The van der Waals surface area contributed by atoms with Crippen molar-refractivity contribution in [2.24, 2.45) is 0 Å². The molecule has 0 radical (unpaired) electrons. The van der Waals surface area contributed by atoms with E-state index in [9.17, 15) is 0 Å². The highest BCUT2D eigenvalue weighted by Crippen LogP contribution is 2.25. The van der Waals surface area contributed by atoms with Crippen molar-refractivity contribution in [1.82, 2.24) is 4.98 Å². The lowest BCUT2D eigenvalue weighted by Crippen LogP contribution is -1.91. The van der Waals surface area contributed by atoms with Crippen LogP contribution < -0.4 is 4.74 Å². The minimum Gasteiger partial charge on any atom is -0.494 e. The number of ether oxygens (including phenoxy) is 1. The molecule has 2 rings (SSSR count). The zero-order chi connectivity index (χ0) is 12.1. The fourth-order valence-corrected chi connectivity index (χ4v) is 2.39. The Kier molecular flexibility index (Phi) is 4.12. The summed E-state index contributed by atoms with van der Waals surface area (Å²) in [5.74, 6) is 0.878. The van der Waals surface area contributed by atoms with E-state index in [0.717, 1.165) is 22.0 Å². The number of hydrogen-bond acceptors (Lipinski definition) is 4. The maximum absolute atomic E-state index is 8.84. The summed E-state index contributed by atoms with van der Waals surface area (Å²) in [7, 11) is 0. The SMILES string of the molecule is CCOc1ccc(-c2nc(CCO)cs2)cc1. The molecule has 0 atom stereocenters. The first-order valence-electron chi connectivity index (χ1n) is 5.62. The summed E-state index contributed by atoms with van der Waals surface area (Å²) in [5.41, 5.74) is 2.03. The van der Waals surface area contributed by atoms with Crippen LogP contribution in [0.25, 0.3) is 10.6 Å². The van der Waals surface area contributed by atoms with Gasteiger partial charge in [-0.3, -0.25) is 0 Å². The molecule has 17 heavy (non-hydrogen) atoms. The predicted molar refractivity (Wildman–Crippen MR) is 69.5 cm³/mol. The van der Waals surface area contributed by atoms with Gasteiger partial charge in [-0.25, -0.2) is 4.98 Å². The van der Waals surface area contributed by atoms with Crippen LogP contribution in [0.2, 0.25) is 0 Å². The Morgan fingerprint density at radius 3 is 2.71 bits per heavy atom. The molecule has 0 aliphatic rings. The van der Waals surface area contributed by atoms with Crippen LogP contribution in [0.3, 0.4) is 0 Å². The van der Waals surface area contributed by atoms with Crippen molar-refractivity contribution < 1.29 is 9.84 Å². The Morgan fingerprint density at radius 2 is 2.06 bits per heavy atom. The Hall–Kier alpha value is -1.39. The molecule has 0 aliphatic carbocycles. The van der Waals surface area contributed by atoms with E-state index in [1.165, 1.54) is 0 Å². The van der Waals surface area contributed by atoms with Gasteiger partial charge in [0.1, 0.15) is 10.8 Å². The maximum atomic E-state index is 8.84. The minimum absolute atomic E-state index is 0.145. The van der Waals surface area contributed by atoms with Crippen LogP contribution in [0, 0.1) is 0 Å². The summed E-state index contributed by atoms with van der Waals surface area (Å²) in [6, 6.07) is 7.91. The molecule has 1 heterocycles. The predicted octanol–water partition coefficient (Wildman–Crippen LogP) is 2.74. The minimum atomic E-state index is 0.145. The van der Waals surface area contributed by atoms with Gasteiger partial charge in [-0.15, -0.1) is 11.3 Å². The molecule has 3 nitrogen and oxygen atoms in total. The van der Waals surface area contributed by atoms with E-state index < -0.39 is 0 Å². The van der Waals surface area contributed by atoms with Crippen LogP contribution >= 0.6 is 11.3 Å². The van der Waals surface area contributed by atoms with Gasteiger partial charge >= 0.3 is 0 Å². The molecule has 0 unspecified atom stereocenters. The van der Waals surface area contributed by atoms with Gasteiger partial charge in [0.15, 0.2) is 0 Å². The van der Waals surface area contributed by atoms with E-state index in [-0.39, 0.29) is 6.61 Å². The van der Waals surface area contributed by atoms with Gasteiger partial charge in [0.05, 0.1) is 12.3 Å². The largest absolute Gasteiger partial charge is 0.494 e. The Morgan fingerprint density at radius 1 is 1.29 bits per heavy atom. The van der Waals surface area contributed by atoms with Crippen molar-refractivity contribution in [2.45, 2.75) is 13.3 Å². The van der Waals surface area contributed by atoms with Crippen molar-refractivity contribution >= 4 is 11.3 Å². The van der Waals surface area contributed by atoms with Gasteiger partial charge in [0, 0.05) is 24.0 Å². The van der Waals surface area contributed by atoms with Crippen molar-refractivity contribution in [3.8, 4) is 16.3 Å². The van der Waals surface area contributed by atoms with Gasteiger partial charge in [-0.1, -0.05) is 0 Å². The first-order valence-corrected chi connectivity index (χ1v) is 6.50. The lowest BCUT2D eigenvalue weighted by Gasteiger charge is -2.02. The Bertz CT molecular complexity index is 465. The normalized spacial score (nSPS) is 10.5. The average Bonchev–Trinajstić information content (AvgIpc) is 2.80. The van der Waals surface area contributed by atoms with E-state index in [1.54, 1.807) is 11.3 Å². The van der Waals surface area contributed by atoms with Gasteiger partial charge in [-0.05, 0) is 31.2 Å². The van der Waals surface area contributed by atoms with Crippen LogP contribution in [-0.4, -0.2) is 23.3 Å². The molecular weight excluding hydrogens is 234 g/mol. The zero-order valence-electron chi connectivity index (χ0n) is 9.72. The first kappa shape index (κ1) is 12.1. The monoisotopic (exact) mass is 249 g/mol. The fraction of sp³-hybridized carbons (Fsp3) is 0.308. The number of benzene rings is 1. The van der Waals surface area contributed by atoms with Crippen molar-refractivity contribution in [3.63, 3.8) is 0 Å². The highest BCUT2D eigenvalue weighted by Gasteiger charge is 2.04. The summed E-state index contributed by atoms with van der Waals surface area (Å²) in [6.07, 6.45) is 0.619. The molecule has 0 fully saturated rings. The lowest BCUT2D eigenvalue weighted by molar-refractivity contribution is 0.298. The summed E-state index contributed by atoms with van der Waals surface area (Å²) < 4.78 is 5.39. The van der Waals surface area contributed by atoms with Crippen LogP contribution in [0.1, 0.15) is 12.6 Å². The molecular formula is C13H15NO2S. The van der Waals surface area contributed by atoms with Crippen LogP contribution in [0.4, 0.5) is 0 Å². The molecule has 90 valence electrons. The molecule has 0 bridgehead atoms. The van der Waals surface area contributed by atoms with Crippen molar-refractivity contribution in [2.75, 3.05) is 13.2 Å². The van der Waals surface area contributed by atoms with Gasteiger partial charge in [-0.2, -0.15) is 0 Å². The maximum Gasteiger partial charge on any atom is 0.123 e. The molecule has 4 heteroatoms. The molecule has 0 saturated carbocycles. The molecule has 0 aliphatic heterocycles. The second-order valence-corrected chi connectivity index (χ2v) is 4.43. The number of hydrogen-bond donors (Lipinski definition) is 1. The van der Waals surface area contributed by atoms with E-state index in [1.807, 2.05) is 36.6 Å². The van der Waals surface area contributed by atoms with Crippen molar-refractivity contribution in [1.29, 1.82) is 0 Å². The van der Waals surface area contributed by atoms with Crippen LogP contribution in [-0.2, 0) is 6.42 Å². The first-order chi connectivity index (χ1) is 8.33. The molecule has 2 aromatic rings. The van der Waals surface area contributed by atoms with Gasteiger partial charge in [0.2, 0.25) is 0 Å².